The molecule has 3 heteroatoms. The molecule has 0 spiro atoms. The Morgan fingerprint density at radius 1 is 1.25 bits per heavy atom. The summed E-state index contributed by atoms with van der Waals surface area (Å²) in [7, 11) is 3.90. The zero-order chi connectivity index (χ0) is 14.4. The van der Waals surface area contributed by atoms with Crippen LogP contribution < -0.4 is 5.32 Å². The molecule has 1 fully saturated rings. The fourth-order valence-corrected chi connectivity index (χ4v) is 3.39. The van der Waals surface area contributed by atoms with Crippen molar-refractivity contribution in [3.8, 4) is 0 Å². The van der Waals surface area contributed by atoms with Crippen molar-refractivity contribution >= 4 is 0 Å². The smallest absolute Gasteiger partial charge is 0.0595 e. The lowest BCUT2D eigenvalue weighted by Crippen LogP contribution is -2.48. The van der Waals surface area contributed by atoms with E-state index in [9.17, 15) is 0 Å². The van der Waals surface area contributed by atoms with E-state index in [-0.39, 0.29) is 0 Å². The zero-order valence-corrected chi connectivity index (χ0v) is 13.0. The molecule has 0 aliphatic carbocycles. The first-order valence-corrected chi connectivity index (χ1v) is 7.79. The number of methoxy groups -OCH3 is 1. The summed E-state index contributed by atoms with van der Waals surface area (Å²) in [6.07, 6.45) is 3.92. The highest BCUT2D eigenvalue weighted by atomic mass is 16.5. The topological polar surface area (TPSA) is 24.5 Å². The Labute approximate surface area is 123 Å². The molecule has 0 saturated carbocycles. The molecule has 1 aromatic carbocycles. The number of hydrogen-bond acceptors (Lipinski definition) is 3. The molecule has 112 valence electrons. The number of nitrogens with zero attached hydrogens (tertiary/aromatic N) is 1. The second-order valence-corrected chi connectivity index (χ2v) is 5.62. The van der Waals surface area contributed by atoms with E-state index in [4.69, 9.17) is 4.74 Å². The van der Waals surface area contributed by atoms with Crippen LogP contribution >= 0.6 is 0 Å². The van der Waals surface area contributed by atoms with E-state index in [2.05, 4.69) is 54.5 Å². The number of benzene rings is 1. The lowest BCUT2D eigenvalue weighted by molar-refractivity contribution is 0.0200. The first-order chi connectivity index (χ1) is 9.80. The lowest BCUT2D eigenvalue weighted by atomic mass is 9.94. The summed E-state index contributed by atoms with van der Waals surface area (Å²) in [5.41, 5.74) is 1.38. The van der Waals surface area contributed by atoms with Gasteiger partial charge >= 0.3 is 0 Å². The van der Waals surface area contributed by atoms with Gasteiger partial charge in [-0.1, -0.05) is 37.3 Å². The number of piperidine rings is 1. The molecule has 2 atom stereocenters. The number of likely N-dealkylation sites (N-methyl/N-ethyl adjacent to an activating group) is 1. The number of likely N-dealkylation sites (tertiary alicyclic amines) is 1. The molecule has 3 nitrogen and oxygen atoms in total. The second kappa shape index (κ2) is 7.77. The van der Waals surface area contributed by atoms with Crippen molar-refractivity contribution in [1.82, 2.24) is 10.2 Å². The highest BCUT2D eigenvalue weighted by Gasteiger charge is 2.29. The van der Waals surface area contributed by atoms with Crippen molar-refractivity contribution in [2.75, 3.05) is 27.2 Å². The van der Waals surface area contributed by atoms with Gasteiger partial charge < -0.3 is 10.1 Å². The van der Waals surface area contributed by atoms with Crippen molar-refractivity contribution in [3.05, 3.63) is 35.9 Å². The molecule has 0 aromatic heterocycles. The Kier molecular flexibility index (Phi) is 6.02. The minimum Gasteiger partial charge on any atom is -0.381 e. The Bertz CT molecular complexity index is 374. The Morgan fingerprint density at radius 2 is 1.90 bits per heavy atom. The van der Waals surface area contributed by atoms with Crippen LogP contribution in [0.5, 0.6) is 0 Å². The third-order valence-corrected chi connectivity index (χ3v) is 4.55. The van der Waals surface area contributed by atoms with Crippen LogP contribution in [0.3, 0.4) is 0 Å². The van der Waals surface area contributed by atoms with Gasteiger partial charge in [0.1, 0.15) is 0 Å². The molecule has 2 rings (SSSR count). The fraction of sp³-hybridized carbons (Fsp3) is 0.647. The van der Waals surface area contributed by atoms with E-state index in [1.54, 1.807) is 0 Å². The largest absolute Gasteiger partial charge is 0.381 e. The van der Waals surface area contributed by atoms with Crippen LogP contribution in [0.2, 0.25) is 0 Å². The quantitative estimate of drug-likeness (QED) is 0.864. The molecule has 2 unspecified atom stereocenters. The van der Waals surface area contributed by atoms with Crippen molar-refractivity contribution in [1.29, 1.82) is 0 Å². The Hall–Kier alpha value is -0.900. The highest BCUT2D eigenvalue weighted by Crippen LogP contribution is 2.26. The molecule has 20 heavy (non-hydrogen) atoms. The van der Waals surface area contributed by atoms with E-state index < -0.39 is 0 Å². The summed E-state index contributed by atoms with van der Waals surface area (Å²) in [4.78, 5) is 2.63. The monoisotopic (exact) mass is 276 g/mol. The van der Waals surface area contributed by atoms with Gasteiger partial charge in [0.05, 0.1) is 6.10 Å². The SMILES string of the molecule is CCC(C(NC)c1ccccc1)N1CCC(OC)CC1. The molecule has 1 heterocycles. The van der Waals surface area contributed by atoms with Crippen molar-refractivity contribution < 1.29 is 4.74 Å². The van der Waals surface area contributed by atoms with Gasteiger partial charge in [0.2, 0.25) is 0 Å². The van der Waals surface area contributed by atoms with Gasteiger partial charge in [-0.15, -0.1) is 0 Å². The van der Waals surface area contributed by atoms with E-state index in [0.717, 1.165) is 32.4 Å². The zero-order valence-electron chi connectivity index (χ0n) is 13.0. The summed E-state index contributed by atoms with van der Waals surface area (Å²) in [6.45, 7) is 4.57. The van der Waals surface area contributed by atoms with Gasteiger partial charge in [-0.05, 0) is 31.9 Å². The second-order valence-electron chi connectivity index (χ2n) is 5.62. The van der Waals surface area contributed by atoms with Crippen LogP contribution in [-0.2, 0) is 4.74 Å². The van der Waals surface area contributed by atoms with Gasteiger partial charge in [-0.3, -0.25) is 4.90 Å². The Balaban J connectivity index is 2.06. The summed E-state index contributed by atoms with van der Waals surface area (Å²) < 4.78 is 5.48. The maximum Gasteiger partial charge on any atom is 0.0595 e. The Morgan fingerprint density at radius 3 is 2.40 bits per heavy atom. The van der Waals surface area contributed by atoms with Gasteiger partial charge in [-0.2, -0.15) is 0 Å². The molecule has 0 bridgehead atoms. The van der Waals surface area contributed by atoms with Crippen LogP contribution in [0.15, 0.2) is 30.3 Å². The van der Waals surface area contributed by atoms with Crippen LogP contribution in [0.4, 0.5) is 0 Å². The van der Waals surface area contributed by atoms with Gasteiger partial charge in [-0.25, -0.2) is 0 Å². The van der Waals surface area contributed by atoms with E-state index in [1.165, 1.54) is 5.56 Å². The molecule has 1 saturated heterocycles. The minimum atomic E-state index is 0.403. The van der Waals surface area contributed by atoms with E-state index >= 15 is 0 Å². The lowest BCUT2D eigenvalue weighted by Gasteiger charge is -2.40. The van der Waals surface area contributed by atoms with E-state index in [0.29, 0.717) is 18.2 Å². The predicted molar refractivity (Wildman–Crippen MR) is 83.9 cm³/mol. The number of hydrogen-bond donors (Lipinski definition) is 1. The summed E-state index contributed by atoms with van der Waals surface area (Å²) >= 11 is 0. The number of rotatable bonds is 6. The maximum absolute atomic E-state index is 5.48. The fourth-order valence-electron chi connectivity index (χ4n) is 3.39. The molecule has 1 aliphatic rings. The van der Waals surface area contributed by atoms with Crippen LogP contribution in [-0.4, -0.2) is 44.3 Å². The van der Waals surface area contributed by atoms with Gasteiger partial charge in [0.25, 0.3) is 0 Å². The van der Waals surface area contributed by atoms with E-state index in [1.807, 2.05) is 7.11 Å². The minimum absolute atomic E-state index is 0.403. The van der Waals surface area contributed by atoms with Crippen LogP contribution in [0, 0.1) is 0 Å². The van der Waals surface area contributed by atoms with Crippen molar-refractivity contribution in [3.63, 3.8) is 0 Å². The third-order valence-electron chi connectivity index (χ3n) is 4.55. The summed E-state index contributed by atoms with van der Waals surface area (Å²) in [5, 5.41) is 3.52. The maximum atomic E-state index is 5.48. The molecule has 1 aliphatic heterocycles. The number of nitrogens with one attached hydrogen (secondary N) is 1. The molecule has 1 aromatic rings. The standard InChI is InChI=1S/C17H28N2O/c1-4-16(19-12-10-15(20-3)11-13-19)17(18-2)14-8-6-5-7-9-14/h5-9,15-18H,4,10-13H2,1-3H3. The van der Waals surface area contributed by atoms with Crippen molar-refractivity contribution in [2.24, 2.45) is 0 Å². The first kappa shape index (κ1) is 15.5. The summed E-state index contributed by atoms with van der Waals surface area (Å²) in [6, 6.07) is 11.8. The molecular formula is C17H28N2O. The molecular weight excluding hydrogens is 248 g/mol. The third kappa shape index (κ3) is 3.60. The normalized spacial score (nSPS) is 20.8. The van der Waals surface area contributed by atoms with Crippen LogP contribution in [0.25, 0.3) is 0 Å². The molecule has 0 radical (unpaired) electrons. The predicted octanol–water partition coefficient (Wildman–Crippen LogP) is 2.84. The molecule has 0 amide bonds. The number of ether oxygens (including phenoxy) is 1. The first-order valence-electron chi connectivity index (χ1n) is 7.79. The average Bonchev–Trinajstić information content (AvgIpc) is 2.53. The van der Waals surface area contributed by atoms with Crippen molar-refractivity contribution in [2.45, 2.75) is 44.4 Å². The van der Waals surface area contributed by atoms with Gasteiger partial charge in [0.15, 0.2) is 0 Å². The average molecular weight is 276 g/mol. The van der Waals surface area contributed by atoms with Crippen LogP contribution in [0.1, 0.15) is 37.8 Å². The summed E-state index contributed by atoms with van der Waals surface area (Å²) in [5.74, 6) is 0. The highest BCUT2D eigenvalue weighted by molar-refractivity contribution is 5.20. The van der Waals surface area contributed by atoms with Gasteiger partial charge in [0, 0.05) is 32.3 Å². The molecule has 1 N–H and O–H groups in total.